The first kappa shape index (κ1) is 14.5. The first-order valence-corrected chi connectivity index (χ1v) is 6.33. The third-order valence-corrected chi connectivity index (χ3v) is 2.99. The zero-order valence-electron chi connectivity index (χ0n) is 11.1. The second kappa shape index (κ2) is 6.42. The number of carboxylic acid groups (broad SMARTS) is 1. The van der Waals surface area contributed by atoms with E-state index in [1.165, 1.54) is 0 Å². The third-order valence-electron chi connectivity index (χ3n) is 2.99. The van der Waals surface area contributed by atoms with Gasteiger partial charge in [-0.3, -0.25) is 0 Å². The Labute approximate surface area is 107 Å². The second-order valence-electron chi connectivity index (χ2n) is 4.72. The molecule has 0 saturated carbocycles. The van der Waals surface area contributed by atoms with E-state index in [2.05, 4.69) is 5.32 Å². The lowest BCUT2D eigenvalue weighted by Crippen LogP contribution is -2.48. The fourth-order valence-electron chi connectivity index (χ4n) is 2.03. The smallest absolute Gasteiger partial charge is 0.335 e. The number of carbonyl (C=O) groups excluding carboxylic acids is 2. The molecule has 1 N–H and O–H groups in total. The van der Waals surface area contributed by atoms with Gasteiger partial charge >= 0.3 is 5.97 Å². The van der Waals surface area contributed by atoms with E-state index >= 15 is 0 Å². The summed E-state index contributed by atoms with van der Waals surface area (Å²) in [5.41, 5.74) is 1.26. The lowest BCUT2D eigenvalue weighted by Gasteiger charge is -2.25. The molecule has 0 aromatic rings. The molecule has 1 atom stereocenters. The quantitative estimate of drug-likeness (QED) is 0.692. The zero-order valence-corrected chi connectivity index (χ0v) is 11.1. The highest BCUT2D eigenvalue weighted by molar-refractivity contribution is 5.90. The van der Waals surface area contributed by atoms with E-state index in [1.807, 2.05) is 0 Å². The van der Waals surface area contributed by atoms with Gasteiger partial charge in [0.25, 0.3) is 0 Å². The Hall–Kier alpha value is -1.52. The molecule has 5 heteroatoms. The molecule has 0 aromatic carbocycles. The second-order valence-corrected chi connectivity index (χ2v) is 4.72. The van der Waals surface area contributed by atoms with E-state index in [-0.39, 0.29) is 11.9 Å². The van der Waals surface area contributed by atoms with E-state index in [0.717, 1.165) is 6.42 Å². The van der Waals surface area contributed by atoms with Gasteiger partial charge in [-0.25, -0.2) is 4.79 Å². The number of hydrogen-bond donors (Lipinski definition) is 1. The number of hydrogen-bond acceptors (Lipinski definition) is 5. The van der Waals surface area contributed by atoms with Crippen LogP contribution in [0.1, 0.15) is 40.0 Å². The van der Waals surface area contributed by atoms with Crippen molar-refractivity contribution in [2.75, 3.05) is 6.61 Å². The maximum atomic E-state index is 11.7. The summed E-state index contributed by atoms with van der Waals surface area (Å²) in [7, 11) is 0. The monoisotopic (exact) mass is 254 g/mol. The predicted octanol–water partition coefficient (Wildman–Crippen LogP) is 0.352. The van der Waals surface area contributed by atoms with Crippen molar-refractivity contribution in [3.63, 3.8) is 0 Å². The number of ether oxygens (including phenoxy) is 1. The molecule has 5 nitrogen and oxygen atoms in total. The molecule has 0 aliphatic heterocycles. The van der Waals surface area contributed by atoms with Crippen molar-refractivity contribution in [3.05, 3.63) is 11.3 Å². The van der Waals surface area contributed by atoms with Crippen LogP contribution in [-0.4, -0.2) is 24.6 Å². The van der Waals surface area contributed by atoms with Crippen molar-refractivity contribution in [3.8, 4) is 0 Å². The van der Waals surface area contributed by atoms with Gasteiger partial charge in [-0.1, -0.05) is 13.8 Å². The van der Waals surface area contributed by atoms with Crippen molar-refractivity contribution in [1.82, 2.24) is 5.32 Å². The normalized spacial score (nSPS) is 16.9. The maximum Gasteiger partial charge on any atom is 0.335 e. The van der Waals surface area contributed by atoms with E-state index in [9.17, 15) is 14.7 Å². The van der Waals surface area contributed by atoms with Gasteiger partial charge in [-0.2, -0.15) is 0 Å². The molecule has 0 amide bonds. The van der Waals surface area contributed by atoms with Crippen LogP contribution in [0.25, 0.3) is 0 Å². The number of nitrogens with one attached hydrogen (secondary N) is 1. The largest absolute Gasteiger partial charge is 0.548 e. The molecule has 0 fully saturated rings. The van der Waals surface area contributed by atoms with Crippen LogP contribution in [0.5, 0.6) is 0 Å². The molecule has 0 saturated heterocycles. The standard InChI is InChI=1S/C13H21NO4/c1-4-18-13(17)9-6-5-7-10(9)14-11(8(2)3)12(15)16/h8,11,14H,4-7H2,1-3H3,(H,15,16)/p-1. The number of esters is 1. The number of carbonyl (C=O) groups is 2. The summed E-state index contributed by atoms with van der Waals surface area (Å²) >= 11 is 0. The summed E-state index contributed by atoms with van der Waals surface area (Å²) in [5.74, 6) is -1.60. The summed E-state index contributed by atoms with van der Waals surface area (Å²) in [6.07, 6.45) is 2.16. The van der Waals surface area contributed by atoms with Gasteiger partial charge in [0.05, 0.1) is 24.2 Å². The van der Waals surface area contributed by atoms with Crippen molar-refractivity contribution in [1.29, 1.82) is 0 Å². The van der Waals surface area contributed by atoms with Gasteiger partial charge < -0.3 is 20.0 Å². The lowest BCUT2D eigenvalue weighted by molar-refractivity contribution is -0.309. The molecule has 1 aliphatic rings. The molecule has 1 rings (SSSR count). The van der Waals surface area contributed by atoms with Gasteiger partial charge in [0.15, 0.2) is 0 Å². The summed E-state index contributed by atoms with van der Waals surface area (Å²) in [6, 6.07) is -0.775. The van der Waals surface area contributed by atoms with E-state index in [1.54, 1.807) is 20.8 Å². The molecule has 0 aromatic heterocycles. The van der Waals surface area contributed by atoms with Gasteiger partial charge in [-0.05, 0) is 32.1 Å². The molecule has 1 unspecified atom stereocenters. The number of allylic oxidation sites excluding steroid dienone is 1. The van der Waals surface area contributed by atoms with Crippen LogP contribution >= 0.6 is 0 Å². The molecular weight excluding hydrogens is 234 g/mol. The number of aliphatic carboxylic acids is 1. The van der Waals surface area contributed by atoms with Crippen LogP contribution in [0.15, 0.2) is 11.3 Å². The minimum atomic E-state index is -1.15. The summed E-state index contributed by atoms with van der Waals surface area (Å²) in [6.45, 7) is 5.67. The molecule has 0 heterocycles. The fourth-order valence-corrected chi connectivity index (χ4v) is 2.03. The zero-order chi connectivity index (χ0) is 13.7. The fraction of sp³-hybridized carbons (Fsp3) is 0.692. The Morgan fingerprint density at radius 2 is 2.06 bits per heavy atom. The summed E-state index contributed by atoms with van der Waals surface area (Å²) in [5, 5.41) is 13.9. The Morgan fingerprint density at radius 3 is 2.56 bits per heavy atom. The number of rotatable bonds is 6. The van der Waals surface area contributed by atoms with Crippen LogP contribution in [0.3, 0.4) is 0 Å². The van der Waals surface area contributed by atoms with E-state index in [4.69, 9.17) is 4.74 Å². The minimum Gasteiger partial charge on any atom is -0.548 e. The van der Waals surface area contributed by atoms with Crippen molar-refractivity contribution in [2.45, 2.75) is 46.1 Å². The predicted molar refractivity (Wildman–Crippen MR) is 64.3 cm³/mol. The van der Waals surface area contributed by atoms with Crippen LogP contribution in [0.4, 0.5) is 0 Å². The van der Waals surface area contributed by atoms with Gasteiger partial charge in [0.1, 0.15) is 0 Å². The number of carboxylic acids is 1. The van der Waals surface area contributed by atoms with Crippen molar-refractivity contribution < 1.29 is 19.4 Å². The summed E-state index contributed by atoms with van der Waals surface area (Å²) in [4.78, 5) is 22.7. The Kier molecular flexibility index (Phi) is 5.19. The molecule has 102 valence electrons. The van der Waals surface area contributed by atoms with Gasteiger partial charge in [-0.15, -0.1) is 0 Å². The first-order valence-electron chi connectivity index (χ1n) is 6.33. The third kappa shape index (κ3) is 3.48. The SMILES string of the molecule is CCOC(=O)C1=C(NC(C(=O)[O-])C(C)C)CCC1. The Bertz CT molecular complexity index is 360. The van der Waals surface area contributed by atoms with Crippen molar-refractivity contribution >= 4 is 11.9 Å². The molecule has 0 spiro atoms. The average Bonchev–Trinajstić information content (AvgIpc) is 2.73. The highest BCUT2D eigenvalue weighted by atomic mass is 16.5. The molecular formula is C13H20NO4-. The Morgan fingerprint density at radius 1 is 1.39 bits per heavy atom. The van der Waals surface area contributed by atoms with Crippen LogP contribution in [-0.2, 0) is 14.3 Å². The Balaban J connectivity index is 2.82. The lowest BCUT2D eigenvalue weighted by atomic mass is 10.0. The molecule has 0 bridgehead atoms. The topological polar surface area (TPSA) is 78.5 Å². The van der Waals surface area contributed by atoms with Crippen LogP contribution in [0, 0.1) is 5.92 Å². The first-order chi connectivity index (χ1) is 8.47. The van der Waals surface area contributed by atoms with Crippen molar-refractivity contribution in [2.24, 2.45) is 5.92 Å². The van der Waals surface area contributed by atoms with Crippen LogP contribution < -0.4 is 10.4 Å². The maximum absolute atomic E-state index is 11.7. The molecule has 0 radical (unpaired) electrons. The summed E-state index contributed by atoms with van der Waals surface area (Å²) < 4.78 is 4.96. The highest BCUT2D eigenvalue weighted by Crippen LogP contribution is 2.26. The molecule has 18 heavy (non-hydrogen) atoms. The average molecular weight is 254 g/mol. The minimum absolute atomic E-state index is 0.105. The molecule has 1 aliphatic carbocycles. The van der Waals surface area contributed by atoms with Crippen LogP contribution in [0.2, 0.25) is 0 Å². The van der Waals surface area contributed by atoms with Gasteiger partial charge in [0.2, 0.25) is 0 Å². The van der Waals surface area contributed by atoms with Gasteiger partial charge in [0, 0.05) is 5.70 Å². The highest BCUT2D eigenvalue weighted by Gasteiger charge is 2.25. The van der Waals surface area contributed by atoms with E-state index in [0.29, 0.717) is 30.7 Å². The van der Waals surface area contributed by atoms with E-state index < -0.39 is 12.0 Å².